The van der Waals surface area contributed by atoms with E-state index in [0.29, 0.717) is 29.4 Å². The third kappa shape index (κ3) is 2.91. The Morgan fingerprint density at radius 1 is 1.21 bits per heavy atom. The number of likely N-dealkylation sites (tertiary alicyclic amines) is 1. The predicted molar refractivity (Wildman–Crippen MR) is 97.6 cm³/mol. The SMILES string of the molecule is CC(C)n1nc(C(F)(F)F)cc1C1C2CC(N3CCC4(C3)CS(=O)(=O)C4)C[C@H]21. The molecule has 3 unspecified atom stereocenters. The number of alkyl halides is 3. The van der Waals surface area contributed by atoms with Crippen LogP contribution in [0.15, 0.2) is 6.07 Å². The lowest BCUT2D eigenvalue weighted by Gasteiger charge is -2.38. The van der Waals surface area contributed by atoms with Gasteiger partial charge in [0.1, 0.15) is 0 Å². The van der Waals surface area contributed by atoms with Crippen LogP contribution in [-0.4, -0.2) is 53.7 Å². The molecule has 1 spiro atoms. The monoisotopic (exact) mass is 417 g/mol. The molecular weight excluding hydrogens is 391 g/mol. The van der Waals surface area contributed by atoms with E-state index in [1.165, 1.54) is 6.07 Å². The van der Waals surface area contributed by atoms with Crippen molar-refractivity contribution in [3.63, 3.8) is 0 Å². The molecule has 4 fully saturated rings. The van der Waals surface area contributed by atoms with Crippen LogP contribution in [0.1, 0.15) is 56.5 Å². The number of fused-ring (bicyclic) bond motifs is 1. The van der Waals surface area contributed by atoms with Crippen molar-refractivity contribution in [2.75, 3.05) is 24.6 Å². The van der Waals surface area contributed by atoms with E-state index in [2.05, 4.69) is 10.00 Å². The van der Waals surface area contributed by atoms with Gasteiger partial charge in [0.25, 0.3) is 0 Å². The molecule has 2 aliphatic heterocycles. The number of nitrogens with zero attached hydrogens (tertiary/aromatic N) is 3. The van der Waals surface area contributed by atoms with Crippen molar-refractivity contribution in [2.24, 2.45) is 17.3 Å². The normalized spacial score (nSPS) is 36.1. The summed E-state index contributed by atoms with van der Waals surface area (Å²) < 4.78 is 64.1. The fourth-order valence-electron chi connectivity index (χ4n) is 6.17. The van der Waals surface area contributed by atoms with Gasteiger partial charge in [-0.05, 0) is 57.6 Å². The number of rotatable bonds is 3. The Morgan fingerprint density at radius 3 is 2.39 bits per heavy atom. The zero-order valence-corrected chi connectivity index (χ0v) is 16.9. The molecule has 4 aliphatic rings. The molecule has 0 amide bonds. The Hall–Kier alpha value is -1.09. The summed E-state index contributed by atoms with van der Waals surface area (Å²) in [6.07, 6.45) is -1.45. The van der Waals surface area contributed by atoms with Gasteiger partial charge in [-0.25, -0.2) is 8.42 Å². The molecule has 3 heterocycles. The van der Waals surface area contributed by atoms with Gasteiger partial charge in [-0.3, -0.25) is 9.58 Å². The molecule has 2 saturated carbocycles. The summed E-state index contributed by atoms with van der Waals surface area (Å²) in [6, 6.07) is 1.61. The van der Waals surface area contributed by atoms with Gasteiger partial charge in [-0.1, -0.05) is 0 Å². The van der Waals surface area contributed by atoms with Crippen molar-refractivity contribution in [2.45, 2.75) is 57.3 Å². The lowest BCUT2D eigenvalue weighted by atomic mass is 9.91. The molecule has 1 aromatic rings. The van der Waals surface area contributed by atoms with Crippen LogP contribution in [0.4, 0.5) is 13.2 Å². The van der Waals surface area contributed by atoms with Gasteiger partial charge in [0.15, 0.2) is 15.5 Å². The highest BCUT2D eigenvalue weighted by atomic mass is 32.2. The topological polar surface area (TPSA) is 55.2 Å². The van der Waals surface area contributed by atoms with E-state index in [0.717, 1.165) is 38.0 Å². The van der Waals surface area contributed by atoms with Crippen molar-refractivity contribution in [1.82, 2.24) is 14.7 Å². The third-order valence-electron chi connectivity index (χ3n) is 7.34. The molecule has 156 valence electrons. The minimum absolute atomic E-state index is 0.0249. The predicted octanol–water partition coefficient (Wildman–Crippen LogP) is 3.10. The molecule has 2 aliphatic carbocycles. The summed E-state index contributed by atoms with van der Waals surface area (Å²) in [6.45, 7) is 5.55. The minimum atomic E-state index is -4.41. The second-order valence-electron chi connectivity index (χ2n) is 9.72. The number of halogens is 3. The van der Waals surface area contributed by atoms with E-state index < -0.39 is 21.7 Å². The van der Waals surface area contributed by atoms with Gasteiger partial charge in [0.2, 0.25) is 0 Å². The molecule has 1 aromatic heterocycles. The maximum Gasteiger partial charge on any atom is 0.435 e. The Kier molecular flexibility index (Phi) is 3.88. The van der Waals surface area contributed by atoms with Crippen LogP contribution in [0.3, 0.4) is 0 Å². The van der Waals surface area contributed by atoms with Gasteiger partial charge in [0, 0.05) is 35.7 Å². The van der Waals surface area contributed by atoms with Crippen LogP contribution in [0.2, 0.25) is 0 Å². The van der Waals surface area contributed by atoms with Gasteiger partial charge >= 0.3 is 6.18 Å². The highest BCUT2D eigenvalue weighted by Crippen LogP contribution is 2.64. The van der Waals surface area contributed by atoms with Crippen LogP contribution in [0, 0.1) is 17.3 Å². The molecule has 0 radical (unpaired) electrons. The first-order valence-electron chi connectivity index (χ1n) is 10.1. The van der Waals surface area contributed by atoms with E-state index in [9.17, 15) is 21.6 Å². The molecule has 2 saturated heterocycles. The summed E-state index contributed by atoms with van der Waals surface area (Å²) in [5, 5.41) is 3.84. The van der Waals surface area contributed by atoms with E-state index >= 15 is 0 Å². The van der Waals surface area contributed by atoms with Crippen LogP contribution >= 0.6 is 0 Å². The smallest absolute Gasteiger partial charge is 0.300 e. The molecule has 5 nitrogen and oxygen atoms in total. The minimum Gasteiger partial charge on any atom is -0.300 e. The van der Waals surface area contributed by atoms with Crippen LogP contribution < -0.4 is 0 Å². The van der Waals surface area contributed by atoms with Crippen molar-refractivity contribution in [3.05, 3.63) is 17.5 Å². The first kappa shape index (κ1) is 18.9. The average Bonchev–Trinajstić information content (AvgIpc) is 3.01. The largest absolute Gasteiger partial charge is 0.435 e. The Balaban J connectivity index is 1.26. The van der Waals surface area contributed by atoms with Crippen LogP contribution in [0.25, 0.3) is 0 Å². The molecule has 0 N–H and O–H groups in total. The Bertz CT molecular complexity index is 884. The quantitative estimate of drug-likeness (QED) is 0.759. The maximum absolute atomic E-state index is 13.1. The van der Waals surface area contributed by atoms with Crippen molar-refractivity contribution in [3.8, 4) is 0 Å². The van der Waals surface area contributed by atoms with Crippen molar-refractivity contribution < 1.29 is 21.6 Å². The van der Waals surface area contributed by atoms with Crippen LogP contribution in [-0.2, 0) is 16.0 Å². The van der Waals surface area contributed by atoms with Crippen molar-refractivity contribution >= 4 is 9.84 Å². The first-order valence-corrected chi connectivity index (χ1v) is 11.9. The van der Waals surface area contributed by atoms with Gasteiger partial charge in [-0.2, -0.15) is 18.3 Å². The lowest BCUT2D eigenvalue weighted by molar-refractivity contribution is -0.141. The second kappa shape index (κ2) is 5.74. The first-order chi connectivity index (χ1) is 13.0. The molecule has 4 atom stereocenters. The molecule has 9 heteroatoms. The standard InChI is InChI=1S/C19H26F3N3O2S/c1-11(2)25-15(7-16(23-25)19(20,21)22)17-13-5-12(6-14(13)17)24-4-3-18(8-24)9-28(26,27)10-18/h7,11-14,17H,3-6,8-10H2,1-2H3/t12?,13-,14?,17?/m1/s1. The van der Waals surface area contributed by atoms with Gasteiger partial charge in [0.05, 0.1) is 11.5 Å². The number of sulfone groups is 1. The summed E-state index contributed by atoms with van der Waals surface area (Å²) in [5.41, 5.74) is -0.0766. The molecule has 28 heavy (non-hydrogen) atoms. The number of hydrogen-bond acceptors (Lipinski definition) is 4. The summed E-state index contributed by atoms with van der Waals surface area (Å²) in [4.78, 5) is 2.44. The third-order valence-corrected chi connectivity index (χ3v) is 9.45. The molecular formula is C19H26F3N3O2S. The summed E-state index contributed by atoms with van der Waals surface area (Å²) >= 11 is 0. The van der Waals surface area contributed by atoms with Crippen LogP contribution in [0.5, 0.6) is 0 Å². The molecule has 0 aromatic carbocycles. The zero-order chi connectivity index (χ0) is 20.1. The second-order valence-corrected chi connectivity index (χ2v) is 11.8. The van der Waals surface area contributed by atoms with Crippen molar-refractivity contribution in [1.29, 1.82) is 0 Å². The summed E-state index contributed by atoms with van der Waals surface area (Å²) in [5.74, 6) is 1.70. The molecule has 5 rings (SSSR count). The number of aromatic nitrogens is 2. The Morgan fingerprint density at radius 2 is 1.86 bits per heavy atom. The zero-order valence-electron chi connectivity index (χ0n) is 16.1. The van der Waals surface area contributed by atoms with E-state index in [4.69, 9.17) is 0 Å². The lowest BCUT2D eigenvalue weighted by Crippen LogP contribution is -2.50. The van der Waals surface area contributed by atoms with Gasteiger partial charge < -0.3 is 0 Å². The fourth-order valence-corrected chi connectivity index (χ4v) is 8.42. The maximum atomic E-state index is 13.1. The highest BCUT2D eigenvalue weighted by molar-refractivity contribution is 7.92. The Labute approximate surface area is 163 Å². The fraction of sp³-hybridized carbons (Fsp3) is 0.842. The van der Waals surface area contributed by atoms with Gasteiger partial charge in [-0.15, -0.1) is 0 Å². The summed E-state index contributed by atoms with van der Waals surface area (Å²) in [7, 11) is -2.82. The van der Waals surface area contributed by atoms with E-state index in [1.807, 2.05) is 13.8 Å². The number of hydrogen-bond donors (Lipinski definition) is 0. The van der Waals surface area contributed by atoms with E-state index in [1.54, 1.807) is 4.68 Å². The average molecular weight is 417 g/mol. The molecule has 0 bridgehead atoms. The van der Waals surface area contributed by atoms with E-state index in [-0.39, 0.29) is 17.4 Å². The highest BCUT2D eigenvalue weighted by Gasteiger charge is 2.61.